The summed E-state index contributed by atoms with van der Waals surface area (Å²) in [5.41, 5.74) is 3.26. The highest BCUT2D eigenvalue weighted by Crippen LogP contribution is 2.75. The van der Waals surface area contributed by atoms with Crippen LogP contribution in [-0.2, 0) is 18.4 Å². The van der Waals surface area contributed by atoms with Gasteiger partial charge >= 0.3 is 5.97 Å². The molecule has 0 aliphatic heterocycles. The number of hydrogen-bond donors (Lipinski definition) is 0. The van der Waals surface area contributed by atoms with Gasteiger partial charge < -0.3 is 13.6 Å². The summed E-state index contributed by atoms with van der Waals surface area (Å²) in [4.78, 5) is 13.9. The molecule has 8 atom stereocenters. The van der Waals surface area contributed by atoms with Gasteiger partial charge in [0.25, 0.3) is 0 Å². The third-order valence-corrected chi connectivity index (χ3v) is 24.6. The van der Waals surface area contributed by atoms with Crippen LogP contribution in [0.25, 0.3) is 0 Å². The quantitative estimate of drug-likeness (QED) is 0.182. The highest BCUT2D eigenvalue weighted by atomic mass is 35.5. The normalized spacial score (nSPS) is 34.8. The lowest BCUT2D eigenvalue weighted by molar-refractivity contribution is -0.162. The number of carbonyl (C=O) groups excluding carboxylic acids is 1. The molecule has 44 heavy (non-hydrogen) atoms. The van der Waals surface area contributed by atoms with Crippen molar-refractivity contribution in [2.24, 2.45) is 46.8 Å². The first-order chi connectivity index (χ1) is 20.4. The van der Waals surface area contributed by atoms with E-state index in [0.717, 1.165) is 24.3 Å². The van der Waals surface area contributed by atoms with E-state index in [1.807, 2.05) is 6.92 Å². The Labute approximate surface area is 276 Å². The minimum atomic E-state index is -2.21. The number of ether oxygens (including phenoxy) is 1. The van der Waals surface area contributed by atoms with Crippen LogP contribution in [0.2, 0.25) is 34.8 Å². The van der Waals surface area contributed by atoms with E-state index in [4.69, 9.17) is 25.2 Å². The van der Waals surface area contributed by atoms with E-state index < -0.39 is 16.6 Å². The van der Waals surface area contributed by atoms with Gasteiger partial charge in [0.15, 0.2) is 0 Å². The molecule has 5 aliphatic carbocycles. The molecule has 250 valence electrons. The highest BCUT2D eigenvalue weighted by molar-refractivity contribution is 6.77. The molecule has 3 fully saturated rings. The molecule has 5 rings (SSSR count). The largest absolute Gasteiger partial charge is 0.547 e. The molecule has 0 amide bonds. The lowest BCUT2D eigenvalue weighted by Gasteiger charge is -2.64. The number of esters is 1. The van der Waals surface area contributed by atoms with Gasteiger partial charge in [-0.3, -0.25) is 4.79 Å². The second kappa shape index (κ2) is 11.8. The zero-order valence-corrected chi connectivity index (χ0v) is 32.9. The summed E-state index contributed by atoms with van der Waals surface area (Å²) in [6.07, 6.45) is 7.74. The van der Waals surface area contributed by atoms with Gasteiger partial charge in [-0.25, -0.2) is 0 Å². The summed E-state index contributed by atoms with van der Waals surface area (Å²) in [7, 11) is -4.27. The first-order valence-corrected chi connectivity index (χ1v) is 23.4. The number of allylic oxidation sites excluding steroid dienone is 4. The minimum absolute atomic E-state index is 0.0233. The van der Waals surface area contributed by atoms with Gasteiger partial charge in [0.05, 0.1) is 24.4 Å². The third kappa shape index (κ3) is 5.26. The maximum Gasteiger partial charge on any atom is 0.309 e. The molecular formula is C37H63ClO4Si2. The number of rotatable bonds is 9. The molecule has 3 saturated carbocycles. The Bertz CT molecular complexity index is 1150. The summed E-state index contributed by atoms with van der Waals surface area (Å²) >= 11 is 7.16. The van der Waals surface area contributed by atoms with Crippen LogP contribution in [0.3, 0.4) is 0 Å². The van der Waals surface area contributed by atoms with Gasteiger partial charge in [-0.1, -0.05) is 86.9 Å². The topological polar surface area (TPSA) is 44.8 Å². The molecule has 0 heterocycles. The Morgan fingerprint density at radius 1 is 1.07 bits per heavy atom. The van der Waals surface area contributed by atoms with Crippen molar-refractivity contribution in [1.29, 1.82) is 0 Å². The fourth-order valence-corrected chi connectivity index (χ4v) is 17.9. The lowest BCUT2D eigenvalue weighted by Crippen LogP contribution is -2.65. The fourth-order valence-electron chi connectivity index (χ4n) is 10.8. The van der Waals surface area contributed by atoms with Gasteiger partial charge in [0.1, 0.15) is 0 Å². The molecule has 4 bridgehead atoms. The predicted molar refractivity (Wildman–Crippen MR) is 187 cm³/mol. The van der Waals surface area contributed by atoms with E-state index in [1.165, 1.54) is 24.2 Å². The molecule has 0 N–H and O–H groups in total. The van der Waals surface area contributed by atoms with E-state index in [2.05, 4.69) is 88.4 Å². The molecule has 0 radical (unpaired) electrons. The average molecular weight is 664 g/mol. The molecular weight excluding hydrogens is 600 g/mol. The van der Waals surface area contributed by atoms with Crippen LogP contribution in [0.1, 0.15) is 108 Å². The van der Waals surface area contributed by atoms with Crippen molar-refractivity contribution in [3.63, 3.8) is 0 Å². The van der Waals surface area contributed by atoms with Crippen LogP contribution in [0, 0.1) is 46.8 Å². The summed E-state index contributed by atoms with van der Waals surface area (Å²) in [6, 6.07) is 0. The van der Waals surface area contributed by atoms with E-state index in [1.54, 1.807) is 0 Å². The highest BCUT2D eigenvalue weighted by Gasteiger charge is 2.71. The summed E-state index contributed by atoms with van der Waals surface area (Å²) in [5, 5.41) is 1.15. The zero-order chi connectivity index (χ0) is 32.7. The van der Waals surface area contributed by atoms with Crippen LogP contribution < -0.4 is 0 Å². The number of fused-ring (bicyclic) bond motifs is 6. The molecule has 0 aromatic rings. The van der Waals surface area contributed by atoms with Gasteiger partial charge in [0.2, 0.25) is 16.6 Å². The maximum atomic E-state index is 13.9. The van der Waals surface area contributed by atoms with Gasteiger partial charge in [-0.05, 0) is 108 Å². The van der Waals surface area contributed by atoms with E-state index >= 15 is 0 Å². The van der Waals surface area contributed by atoms with Crippen molar-refractivity contribution in [1.82, 2.24) is 0 Å². The molecule has 4 nitrogen and oxygen atoms in total. The van der Waals surface area contributed by atoms with Gasteiger partial charge in [-0.2, -0.15) is 0 Å². The Balaban J connectivity index is 1.73. The standard InChI is InChI=1S/C37H63ClO4Si2/c1-14-40-35(39)25-15-16-30(41-43(12,13)36(9,10)11)26-19-27-33-24(8)29(38)20-28(37(33)17-18-37)32(31(25)26)34(27)42-44(21(2)3,22(4)5)23(6)7/h20-25,27-28,31-34H,14-19H2,1-13H3/t24-,25+,27-,28+,31+,32-,33-,34+/m1/s1. The van der Waals surface area contributed by atoms with Gasteiger partial charge in [-0.15, -0.1) is 0 Å². The number of halogens is 1. The molecule has 0 unspecified atom stereocenters. The van der Waals surface area contributed by atoms with Crippen LogP contribution in [0.4, 0.5) is 0 Å². The van der Waals surface area contributed by atoms with E-state index in [9.17, 15) is 4.79 Å². The predicted octanol–water partition coefficient (Wildman–Crippen LogP) is 10.8. The first kappa shape index (κ1) is 34.8. The molecule has 5 aliphatic rings. The Hall–Kier alpha value is -0.566. The number of hydrogen-bond acceptors (Lipinski definition) is 4. The second-order valence-electron chi connectivity index (χ2n) is 17.7. The van der Waals surface area contributed by atoms with Gasteiger partial charge in [0, 0.05) is 17.4 Å². The Morgan fingerprint density at radius 3 is 2.16 bits per heavy atom. The average Bonchev–Trinajstić information content (AvgIpc) is 3.68. The smallest absolute Gasteiger partial charge is 0.309 e. The summed E-state index contributed by atoms with van der Waals surface area (Å²) in [5.74, 6) is 2.92. The van der Waals surface area contributed by atoms with Crippen molar-refractivity contribution in [3.05, 3.63) is 22.4 Å². The van der Waals surface area contributed by atoms with Crippen molar-refractivity contribution < 1.29 is 18.4 Å². The second-order valence-corrected chi connectivity index (χ2v) is 28.3. The van der Waals surface area contributed by atoms with Crippen molar-refractivity contribution in [2.45, 2.75) is 149 Å². The van der Waals surface area contributed by atoms with Crippen LogP contribution >= 0.6 is 11.6 Å². The summed E-state index contributed by atoms with van der Waals surface area (Å²) in [6.45, 7) is 30.9. The number of carbonyl (C=O) groups is 1. The van der Waals surface area contributed by atoms with Crippen LogP contribution in [0.5, 0.6) is 0 Å². The molecule has 0 aromatic heterocycles. The lowest BCUT2D eigenvalue weighted by atomic mass is 9.44. The monoisotopic (exact) mass is 662 g/mol. The maximum absolute atomic E-state index is 13.9. The SMILES string of the molecule is CCOC(=O)[C@H]1CCC(O[Si](C)(C)C(C)(C)C)=C2C[C@H]3[C@H](O[Si](C(C)C)(C(C)C)C(C)C)[C@@H]([C@H]21)[C@@H]1C=C(Cl)[C@@H](C)[C@H]3C12CC2. The van der Waals surface area contributed by atoms with E-state index in [-0.39, 0.29) is 34.9 Å². The summed E-state index contributed by atoms with van der Waals surface area (Å²) < 4.78 is 21.1. The van der Waals surface area contributed by atoms with Crippen molar-refractivity contribution in [2.75, 3.05) is 6.61 Å². The van der Waals surface area contributed by atoms with Crippen LogP contribution in [-0.4, -0.2) is 35.3 Å². The van der Waals surface area contributed by atoms with Crippen LogP contribution in [0.15, 0.2) is 22.4 Å². The van der Waals surface area contributed by atoms with Crippen molar-refractivity contribution >= 4 is 34.2 Å². The molecule has 1 spiro atoms. The Kier molecular flexibility index (Phi) is 9.35. The van der Waals surface area contributed by atoms with E-state index in [0.29, 0.717) is 52.3 Å². The third-order valence-electron chi connectivity index (χ3n) is 13.7. The van der Waals surface area contributed by atoms with Crippen molar-refractivity contribution in [3.8, 4) is 0 Å². The molecule has 7 heteroatoms. The first-order valence-electron chi connectivity index (χ1n) is 18.0. The minimum Gasteiger partial charge on any atom is -0.547 e. The molecule has 0 aromatic carbocycles. The Morgan fingerprint density at radius 2 is 1.66 bits per heavy atom. The molecule has 0 saturated heterocycles. The zero-order valence-electron chi connectivity index (χ0n) is 30.2. The fraction of sp³-hybridized carbons (Fsp3) is 0.865.